The highest BCUT2D eigenvalue weighted by atomic mass is 35.5. The first-order valence-corrected chi connectivity index (χ1v) is 8.04. The van der Waals surface area contributed by atoms with Crippen LogP contribution in [0.2, 0.25) is 5.02 Å². The molecule has 24 heavy (non-hydrogen) atoms. The van der Waals surface area contributed by atoms with Crippen molar-refractivity contribution in [1.82, 2.24) is 4.90 Å². The van der Waals surface area contributed by atoms with E-state index in [1.807, 2.05) is 12.1 Å². The van der Waals surface area contributed by atoms with Crippen molar-refractivity contribution in [3.8, 4) is 11.5 Å². The summed E-state index contributed by atoms with van der Waals surface area (Å²) >= 11 is 6.15. The number of hydrogen-bond donors (Lipinski definition) is 1. The molecule has 6 heteroatoms. The Bertz CT molecular complexity index is 764. The van der Waals surface area contributed by atoms with Gasteiger partial charge in [0.15, 0.2) is 0 Å². The first-order valence-electron chi connectivity index (χ1n) is 7.66. The lowest BCUT2D eigenvalue weighted by Crippen LogP contribution is -2.38. The number of amides is 2. The molecule has 2 aromatic carbocycles. The number of carbonyl (C=O) groups excluding carboxylic acids is 1. The fourth-order valence-electron chi connectivity index (χ4n) is 2.82. The van der Waals surface area contributed by atoms with Crippen LogP contribution in [0.15, 0.2) is 36.4 Å². The van der Waals surface area contributed by atoms with Crippen molar-refractivity contribution in [1.29, 1.82) is 0 Å². The third kappa shape index (κ3) is 3.26. The summed E-state index contributed by atoms with van der Waals surface area (Å²) in [6.45, 7) is 1.27. The monoisotopic (exact) mass is 346 g/mol. The zero-order chi connectivity index (χ0) is 17.1. The molecule has 1 aliphatic rings. The van der Waals surface area contributed by atoms with E-state index in [0.717, 1.165) is 6.42 Å². The molecule has 3 rings (SSSR count). The van der Waals surface area contributed by atoms with Gasteiger partial charge in [-0.1, -0.05) is 35.9 Å². The molecule has 0 aromatic heterocycles. The van der Waals surface area contributed by atoms with E-state index >= 15 is 0 Å². The van der Waals surface area contributed by atoms with Gasteiger partial charge in [-0.25, -0.2) is 4.79 Å². The van der Waals surface area contributed by atoms with Gasteiger partial charge in [0, 0.05) is 19.2 Å². The number of halogens is 1. The average Bonchev–Trinajstić information content (AvgIpc) is 2.61. The topological polar surface area (TPSA) is 50.8 Å². The van der Waals surface area contributed by atoms with E-state index in [4.69, 9.17) is 21.1 Å². The highest BCUT2D eigenvalue weighted by Gasteiger charge is 2.21. The minimum absolute atomic E-state index is 0.177. The second-order valence-corrected chi connectivity index (χ2v) is 5.96. The lowest BCUT2D eigenvalue weighted by molar-refractivity contribution is 0.206. The number of benzene rings is 2. The fourth-order valence-corrected chi connectivity index (χ4v) is 3.06. The number of rotatable bonds is 3. The lowest BCUT2D eigenvalue weighted by atomic mass is 10.0. The number of anilines is 1. The molecule has 0 bridgehead atoms. The number of ether oxygens (including phenoxy) is 2. The summed E-state index contributed by atoms with van der Waals surface area (Å²) in [6.07, 6.45) is 0.851. The van der Waals surface area contributed by atoms with E-state index < -0.39 is 0 Å². The average molecular weight is 347 g/mol. The van der Waals surface area contributed by atoms with Crippen LogP contribution in [-0.4, -0.2) is 31.7 Å². The lowest BCUT2D eigenvalue weighted by Gasteiger charge is -2.29. The number of hydrogen-bond acceptors (Lipinski definition) is 3. The molecule has 0 radical (unpaired) electrons. The summed E-state index contributed by atoms with van der Waals surface area (Å²) in [6, 6.07) is 11.3. The van der Waals surface area contributed by atoms with Gasteiger partial charge in [0.25, 0.3) is 0 Å². The van der Waals surface area contributed by atoms with Gasteiger partial charge < -0.3 is 19.7 Å². The number of nitrogens with zero attached hydrogens (tertiary/aromatic N) is 1. The van der Waals surface area contributed by atoms with Gasteiger partial charge in [0.1, 0.15) is 11.5 Å². The molecule has 0 fully saturated rings. The van der Waals surface area contributed by atoms with E-state index in [1.54, 1.807) is 17.0 Å². The zero-order valence-electron chi connectivity index (χ0n) is 13.6. The third-order valence-electron chi connectivity index (χ3n) is 4.13. The highest BCUT2D eigenvalue weighted by Crippen LogP contribution is 2.36. The summed E-state index contributed by atoms with van der Waals surface area (Å²) in [7, 11) is 3.07. The minimum atomic E-state index is -0.177. The maximum absolute atomic E-state index is 12.6. The summed E-state index contributed by atoms with van der Waals surface area (Å²) < 4.78 is 10.5. The molecule has 2 amide bonds. The molecule has 2 aromatic rings. The molecule has 0 aliphatic carbocycles. The number of methoxy groups -OCH3 is 2. The van der Waals surface area contributed by atoms with Gasteiger partial charge in [-0.05, 0) is 23.6 Å². The Kier molecular flexibility index (Phi) is 4.81. The van der Waals surface area contributed by atoms with Crippen molar-refractivity contribution in [3.05, 3.63) is 52.5 Å². The molecular weight excluding hydrogens is 328 g/mol. The predicted molar refractivity (Wildman–Crippen MR) is 94.1 cm³/mol. The van der Waals surface area contributed by atoms with Gasteiger partial charge in [-0.2, -0.15) is 0 Å². The van der Waals surface area contributed by atoms with Crippen molar-refractivity contribution in [2.75, 3.05) is 26.1 Å². The maximum atomic E-state index is 12.6. The second kappa shape index (κ2) is 7.01. The van der Waals surface area contributed by atoms with E-state index in [1.165, 1.54) is 25.3 Å². The van der Waals surface area contributed by atoms with Crippen LogP contribution < -0.4 is 14.8 Å². The smallest absolute Gasteiger partial charge is 0.322 e. The Morgan fingerprint density at radius 2 is 1.83 bits per heavy atom. The van der Waals surface area contributed by atoms with Gasteiger partial charge in [-0.15, -0.1) is 0 Å². The van der Waals surface area contributed by atoms with Crippen LogP contribution in [0.25, 0.3) is 0 Å². The SMILES string of the molecule is COc1cc(OC)c(NC(=O)N2CCc3ccccc3C2)cc1Cl. The Balaban J connectivity index is 1.77. The van der Waals surface area contributed by atoms with Crippen molar-refractivity contribution in [2.45, 2.75) is 13.0 Å². The first-order chi connectivity index (χ1) is 11.6. The van der Waals surface area contributed by atoms with Crippen molar-refractivity contribution in [3.63, 3.8) is 0 Å². The van der Waals surface area contributed by atoms with Crippen LogP contribution >= 0.6 is 11.6 Å². The van der Waals surface area contributed by atoms with Gasteiger partial charge in [0.2, 0.25) is 0 Å². The highest BCUT2D eigenvalue weighted by molar-refractivity contribution is 6.32. The molecule has 0 saturated heterocycles. The van der Waals surface area contributed by atoms with Gasteiger partial charge >= 0.3 is 6.03 Å². The first kappa shape index (κ1) is 16.5. The second-order valence-electron chi connectivity index (χ2n) is 5.56. The van der Waals surface area contributed by atoms with Crippen LogP contribution in [0.1, 0.15) is 11.1 Å². The van der Waals surface area contributed by atoms with Crippen LogP contribution in [0, 0.1) is 0 Å². The van der Waals surface area contributed by atoms with Gasteiger partial charge in [-0.3, -0.25) is 0 Å². The largest absolute Gasteiger partial charge is 0.495 e. The van der Waals surface area contributed by atoms with Crippen LogP contribution in [-0.2, 0) is 13.0 Å². The van der Waals surface area contributed by atoms with Crippen molar-refractivity contribution in [2.24, 2.45) is 0 Å². The molecule has 0 spiro atoms. The van der Waals surface area contributed by atoms with Crippen LogP contribution in [0.5, 0.6) is 11.5 Å². The van der Waals surface area contributed by atoms with E-state index in [0.29, 0.717) is 35.3 Å². The quantitative estimate of drug-likeness (QED) is 0.915. The number of nitrogens with one attached hydrogen (secondary N) is 1. The molecule has 1 aliphatic heterocycles. The predicted octanol–water partition coefficient (Wildman–Crippen LogP) is 3.95. The molecule has 1 N–H and O–H groups in total. The Labute approximate surface area is 146 Å². The Morgan fingerprint density at radius 1 is 1.12 bits per heavy atom. The standard InChI is InChI=1S/C18H19ClN2O3/c1-23-16-10-17(24-2)15(9-14(16)19)20-18(22)21-8-7-12-5-3-4-6-13(12)11-21/h3-6,9-10H,7-8,11H2,1-2H3,(H,20,22). The van der Waals surface area contributed by atoms with E-state index in [9.17, 15) is 4.79 Å². The van der Waals surface area contributed by atoms with Crippen molar-refractivity contribution < 1.29 is 14.3 Å². The van der Waals surface area contributed by atoms with E-state index in [-0.39, 0.29) is 6.03 Å². The molecule has 0 unspecified atom stereocenters. The van der Waals surface area contributed by atoms with Crippen molar-refractivity contribution >= 4 is 23.3 Å². The van der Waals surface area contributed by atoms with E-state index in [2.05, 4.69) is 17.4 Å². The molecule has 126 valence electrons. The summed E-state index contributed by atoms with van der Waals surface area (Å²) in [5, 5.41) is 3.29. The zero-order valence-corrected chi connectivity index (χ0v) is 14.4. The van der Waals surface area contributed by atoms with Gasteiger partial charge in [0.05, 0.1) is 24.9 Å². The summed E-state index contributed by atoms with van der Waals surface area (Å²) in [5.41, 5.74) is 3.00. The maximum Gasteiger partial charge on any atom is 0.322 e. The molecule has 0 atom stereocenters. The van der Waals surface area contributed by atoms with Crippen LogP contribution in [0.4, 0.5) is 10.5 Å². The minimum Gasteiger partial charge on any atom is -0.495 e. The summed E-state index contributed by atoms with van der Waals surface area (Å²) in [5.74, 6) is 1.00. The fraction of sp³-hybridized carbons (Fsp3) is 0.278. The molecule has 5 nitrogen and oxygen atoms in total. The Morgan fingerprint density at radius 3 is 2.54 bits per heavy atom. The third-order valence-corrected chi connectivity index (χ3v) is 4.43. The number of fused-ring (bicyclic) bond motifs is 1. The van der Waals surface area contributed by atoms with Crippen LogP contribution in [0.3, 0.4) is 0 Å². The number of urea groups is 1. The Hall–Kier alpha value is -2.40. The summed E-state index contributed by atoms with van der Waals surface area (Å²) in [4.78, 5) is 14.4. The molecule has 1 heterocycles. The molecule has 0 saturated carbocycles. The molecular formula is C18H19ClN2O3. The normalized spacial score (nSPS) is 13.2. The number of carbonyl (C=O) groups is 1.